The molecular weight excluding hydrogens is 198 g/mol. The molecule has 0 spiro atoms. The summed E-state index contributed by atoms with van der Waals surface area (Å²) in [5, 5.41) is 10.3. The van der Waals surface area contributed by atoms with Gasteiger partial charge in [0, 0.05) is 16.5 Å². The van der Waals surface area contributed by atoms with E-state index >= 15 is 0 Å². The Labute approximate surface area is 86.7 Å². The van der Waals surface area contributed by atoms with Gasteiger partial charge in [0.2, 0.25) is 5.76 Å². The van der Waals surface area contributed by atoms with Crippen molar-refractivity contribution < 1.29 is 4.42 Å². The second-order valence-corrected chi connectivity index (χ2v) is 3.64. The van der Waals surface area contributed by atoms with Crippen molar-refractivity contribution in [1.29, 1.82) is 5.26 Å². The maximum Gasteiger partial charge on any atom is 0.204 e. The summed E-state index contributed by atoms with van der Waals surface area (Å²) < 4.78 is 5.31. The minimum absolute atomic E-state index is 0.324. The van der Waals surface area contributed by atoms with Crippen molar-refractivity contribution in [2.45, 2.75) is 13.8 Å². The number of benzene rings is 1. The van der Waals surface area contributed by atoms with E-state index in [2.05, 4.69) is 0 Å². The van der Waals surface area contributed by atoms with Gasteiger partial charge in [-0.25, -0.2) is 0 Å². The van der Waals surface area contributed by atoms with Gasteiger partial charge in [-0.1, -0.05) is 11.6 Å². The molecule has 2 nitrogen and oxygen atoms in total. The summed E-state index contributed by atoms with van der Waals surface area (Å²) in [5.74, 6) is 0.324. The zero-order valence-corrected chi connectivity index (χ0v) is 8.64. The standard InChI is InChI=1S/C11H8ClNO/c1-6-3-10-9(7(2)11(6)12)4-8(5-13)14-10/h3-4H,1-2H3. The smallest absolute Gasteiger partial charge is 0.204 e. The molecule has 0 aliphatic carbocycles. The van der Waals surface area contributed by atoms with Gasteiger partial charge < -0.3 is 4.42 Å². The van der Waals surface area contributed by atoms with Crippen LogP contribution in [0.2, 0.25) is 5.02 Å². The fourth-order valence-corrected chi connectivity index (χ4v) is 1.69. The van der Waals surface area contributed by atoms with Crippen LogP contribution >= 0.6 is 11.6 Å². The quantitative estimate of drug-likeness (QED) is 0.659. The molecule has 0 radical (unpaired) electrons. The molecule has 3 heteroatoms. The van der Waals surface area contributed by atoms with Crippen molar-refractivity contribution >= 4 is 22.6 Å². The molecule has 1 aromatic heterocycles. The first kappa shape index (κ1) is 9.11. The van der Waals surface area contributed by atoms with E-state index in [1.807, 2.05) is 26.0 Å². The van der Waals surface area contributed by atoms with Crippen molar-refractivity contribution in [2.75, 3.05) is 0 Å². The van der Waals surface area contributed by atoms with Crippen molar-refractivity contribution in [3.05, 3.63) is 34.0 Å². The maximum atomic E-state index is 8.69. The first-order valence-electron chi connectivity index (χ1n) is 4.23. The summed E-state index contributed by atoms with van der Waals surface area (Å²) in [5.41, 5.74) is 2.66. The van der Waals surface area contributed by atoms with Gasteiger partial charge >= 0.3 is 0 Å². The van der Waals surface area contributed by atoms with E-state index in [0.29, 0.717) is 5.76 Å². The highest BCUT2D eigenvalue weighted by atomic mass is 35.5. The molecular formula is C11H8ClNO. The number of furan rings is 1. The zero-order chi connectivity index (χ0) is 10.3. The highest BCUT2D eigenvalue weighted by Gasteiger charge is 2.10. The van der Waals surface area contributed by atoms with Crippen molar-refractivity contribution in [2.24, 2.45) is 0 Å². The van der Waals surface area contributed by atoms with E-state index < -0.39 is 0 Å². The van der Waals surface area contributed by atoms with Crippen LogP contribution < -0.4 is 0 Å². The highest BCUT2D eigenvalue weighted by molar-refractivity contribution is 6.33. The average Bonchev–Trinajstić information content (AvgIpc) is 2.57. The lowest BCUT2D eigenvalue weighted by atomic mass is 10.1. The largest absolute Gasteiger partial charge is 0.446 e. The number of hydrogen-bond acceptors (Lipinski definition) is 2. The normalized spacial score (nSPS) is 10.4. The molecule has 0 aliphatic rings. The Kier molecular flexibility index (Phi) is 1.98. The van der Waals surface area contributed by atoms with Gasteiger partial charge in [-0.3, -0.25) is 0 Å². The van der Waals surface area contributed by atoms with Crippen molar-refractivity contribution in [3.63, 3.8) is 0 Å². The predicted octanol–water partition coefficient (Wildman–Crippen LogP) is 3.57. The Morgan fingerprint density at radius 2 is 2.07 bits per heavy atom. The number of fused-ring (bicyclic) bond motifs is 1. The van der Waals surface area contributed by atoms with Crippen molar-refractivity contribution in [1.82, 2.24) is 0 Å². The third kappa shape index (κ3) is 1.18. The molecule has 0 atom stereocenters. The van der Waals surface area contributed by atoms with Crippen LogP contribution in [0.4, 0.5) is 0 Å². The van der Waals surface area contributed by atoms with Gasteiger partial charge in [0.15, 0.2) is 0 Å². The predicted molar refractivity (Wildman–Crippen MR) is 55.4 cm³/mol. The van der Waals surface area contributed by atoms with Crippen molar-refractivity contribution in [3.8, 4) is 6.07 Å². The second kappa shape index (κ2) is 3.04. The van der Waals surface area contributed by atoms with E-state index in [0.717, 1.165) is 27.1 Å². The molecule has 0 fully saturated rings. The molecule has 1 aromatic carbocycles. The summed E-state index contributed by atoms with van der Waals surface area (Å²) in [6.07, 6.45) is 0. The first-order valence-corrected chi connectivity index (χ1v) is 4.60. The van der Waals surface area contributed by atoms with Crippen LogP contribution in [0.15, 0.2) is 16.5 Å². The monoisotopic (exact) mass is 205 g/mol. The molecule has 0 aliphatic heterocycles. The lowest BCUT2D eigenvalue weighted by Crippen LogP contribution is -1.81. The molecule has 2 rings (SSSR count). The van der Waals surface area contributed by atoms with Crippen LogP contribution in [0.5, 0.6) is 0 Å². The van der Waals surface area contributed by atoms with Gasteiger partial charge in [0.1, 0.15) is 11.7 Å². The van der Waals surface area contributed by atoms with E-state index in [1.165, 1.54) is 0 Å². The Hall–Kier alpha value is -1.46. The Morgan fingerprint density at radius 1 is 1.36 bits per heavy atom. The Bertz CT molecular complexity index is 548. The Morgan fingerprint density at radius 3 is 2.71 bits per heavy atom. The third-order valence-corrected chi connectivity index (χ3v) is 2.88. The fraction of sp³-hybridized carbons (Fsp3) is 0.182. The minimum atomic E-state index is 0.324. The minimum Gasteiger partial charge on any atom is -0.446 e. The van der Waals surface area contributed by atoms with E-state index in [-0.39, 0.29) is 0 Å². The first-order chi connectivity index (χ1) is 6.63. The van der Waals surface area contributed by atoms with Crippen LogP contribution in [0.25, 0.3) is 11.0 Å². The third-order valence-electron chi connectivity index (χ3n) is 2.30. The van der Waals surface area contributed by atoms with E-state index in [1.54, 1.807) is 6.07 Å². The van der Waals surface area contributed by atoms with Crippen LogP contribution in [0.3, 0.4) is 0 Å². The zero-order valence-electron chi connectivity index (χ0n) is 7.89. The summed E-state index contributed by atoms with van der Waals surface area (Å²) >= 11 is 6.08. The fourth-order valence-electron chi connectivity index (χ4n) is 1.53. The van der Waals surface area contributed by atoms with Gasteiger partial charge in [0.25, 0.3) is 0 Å². The SMILES string of the molecule is Cc1cc2oc(C#N)cc2c(C)c1Cl. The number of halogens is 1. The van der Waals surface area contributed by atoms with Gasteiger partial charge in [-0.2, -0.15) is 5.26 Å². The van der Waals surface area contributed by atoms with Crippen LogP contribution in [-0.4, -0.2) is 0 Å². The summed E-state index contributed by atoms with van der Waals surface area (Å²) in [6.45, 7) is 3.84. The maximum absolute atomic E-state index is 8.69. The average molecular weight is 206 g/mol. The molecule has 0 N–H and O–H groups in total. The number of aryl methyl sites for hydroxylation is 2. The molecule has 0 saturated carbocycles. The topological polar surface area (TPSA) is 36.9 Å². The number of hydrogen-bond donors (Lipinski definition) is 0. The molecule has 1 heterocycles. The Balaban J connectivity index is 2.89. The molecule has 2 aromatic rings. The van der Waals surface area contributed by atoms with Gasteiger partial charge in [0.05, 0.1) is 0 Å². The summed E-state index contributed by atoms with van der Waals surface area (Å²) in [7, 11) is 0. The molecule has 0 amide bonds. The van der Waals surface area contributed by atoms with Crippen LogP contribution in [0.1, 0.15) is 16.9 Å². The van der Waals surface area contributed by atoms with E-state index in [9.17, 15) is 0 Å². The molecule has 70 valence electrons. The molecule has 0 unspecified atom stereocenters. The number of nitriles is 1. The lowest BCUT2D eigenvalue weighted by Gasteiger charge is -2.01. The molecule has 0 bridgehead atoms. The highest BCUT2D eigenvalue weighted by Crippen LogP contribution is 2.30. The summed E-state index contributed by atoms with van der Waals surface area (Å²) in [6, 6.07) is 5.54. The van der Waals surface area contributed by atoms with Crippen LogP contribution in [0, 0.1) is 25.2 Å². The van der Waals surface area contributed by atoms with Gasteiger partial charge in [-0.05, 0) is 31.0 Å². The molecule has 0 saturated heterocycles. The number of nitrogens with zero attached hydrogens (tertiary/aromatic N) is 1. The summed E-state index contributed by atoms with van der Waals surface area (Å²) in [4.78, 5) is 0. The molecule has 14 heavy (non-hydrogen) atoms. The van der Waals surface area contributed by atoms with Gasteiger partial charge in [-0.15, -0.1) is 0 Å². The van der Waals surface area contributed by atoms with E-state index in [4.69, 9.17) is 21.3 Å². The van der Waals surface area contributed by atoms with Crippen LogP contribution in [-0.2, 0) is 0 Å². The number of rotatable bonds is 0. The second-order valence-electron chi connectivity index (χ2n) is 3.27. The lowest BCUT2D eigenvalue weighted by molar-refractivity contribution is 0.599.